The molecule has 0 unspecified atom stereocenters. The highest BCUT2D eigenvalue weighted by Gasteiger charge is 2.26. The number of non-ortho nitro benzene ring substituents is 1. The number of amides is 1. The molecule has 1 aromatic rings. The van der Waals surface area contributed by atoms with Crippen LogP contribution in [-0.4, -0.2) is 58.7 Å². The second-order valence-electron chi connectivity index (χ2n) is 4.82. The first-order chi connectivity index (χ1) is 11.5. The van der Waals surface area contributed by atoms with Crippen molar-refractivity contribution in [2.24, 2.45) is 5.28 Å². The average molecular weight is 339 g/mol. The summed E-state index contributed by atoms with van der Waals surface area (Å²) in [5, 5.41) is 27.2. The highest BCUT2D eigenvalue weighted by Crippen LogP contribution is 2.17. The Morgan fingerprint density at radius 3 is 2.38 bits per heavy atom. The lowest BCUT2D eigenvalue weighted by Crippen LogP contribution is -2.50. The minimum atomic E-state index is -0.538. The lowest BCUT2D eigenvalue weighted by atomic mass is 10.3. The predicted octanol–water partition coefficient (Wildman–Crippen LogP) is 1.54. The third kappa shape index (κ3) is 4.44. The van der Waals surface area contributed by atoms with E-state index in [1.54, 1.807) is 6.92 Å². The van der Waals surface area contributed by atoms with Crippen molar-refractivity contribution in [2.75, 3.05) is 32.8 Å². The van der Waals surface area contributed by atoms with E-state index in [9.17, 15) is 20.1 Å². The van der Waals surface area contributed by atoms with E-state index in [2.05, 4.69) is 5.28 Å². The number of hydrogen-bond acceptors (Lipinski definition) is 7. The van der Waals surface area contributed by atoms with Gasteiger partial charge < -0.3 is 19.7 Å². The van der Waals surface area contributed by atoms with Gasteiger partial charge in [-0.2, -0.15) is 0 Å². The van der Waals surface area contributed by atoms with Crippen molar-refractivity contribution >= 4 is 11.8 Å². The van der Waals surface area contributed by atoms with Gasteiger partial charge in [0, 0.05) is 25.2 Å². The SMILES string of the molecule is CCOC(=O)N1CCN(/[N+]([O-])=N/Oc2ccc([N+](=O)[O-])cc2)CC1. The molecule has 2 rings (SSSR count). The first-order valence-electron chi connectivity index (χ1n) is 7.27. The number of carbonyl (C=O) groups is 1. The molecule has 1 aromatic carbocycles. The number of ether oxygens (including phenoxy) is 1. The van der Waals surface area contributed by atoms with Crippen LogP contribution >= 0.6 is 0 Å². The number of piperazine rings is 1. The van der Waals surface area contributed by atoms with E-state index in [1.165, 1.54) is 34.2 Å². The Hall–Kier alpha value is -3.11. The molecule has 0 saturated carbocycles. The zero-order valence-electron chi connectivity index (χ0n) is 13.0. The maximum atomic E-state index is 11.9. The lowest BCUT2D eigenvalue weighted by molar-refractivity contribution is -0.708. The first-order valence-corrected chi connectivity index (χ1v) is 7.27. The predicted molar refractivity (Wildman–Crippen MR) is 79.9 cm³/mol. The fourth-order valence-corrected chi connectivity index (χ4v) is 2.03. The molecule has 1 heterocycles. The van der Waals surface area contributed by atoms with E-state index in [0.29, 0.717) is 24.7 Å². The van der Waals surface area contributed by atoms with Crippen molar-refractivity contribution < 1.29 is 24.3 Å². The molecule has 0 aromatic heterocycles. The van der Waals surface area contributed by atoms with Crippen LogP contribution in [0.5, 0.6) is 5.75 Å². The Labute approximate surface area is 137 Å². The van der Waals surface area contributed by atoms with Crippen molar-refractivity contribution in [3.8, 4) is 5.75 Å². The van der Waals surface area contributed by atoms with Crippen molar-refractivity contribution in [1.82, 2.24) is 9.91 Å². The number of benzene rings is 1. The van der Waals surface area contributed by atoms with Gasteiger partial charge in [-0.3, -0.25) is 10.1 Å². The molecular formula is C13H17N5O6. The van der Waals surface area contributed by atoms with Gasteiger partial charge in [-0.1, -0.05) is 0 Å². The number of hydrogen-bond donors (Lipinski definition) is 0. The second kappa shape index (κ2) is 7.94. The molecule has 11 nitrogen and oxygen atoms in total. The maximum absolute atomic E-state index is 11.9. The lowest BCUT2D eigenvalue weighted by Gasteiger charge is -2.30. The van der Waals surface area contributed by atoms with Gasteiger partial charge >= 0.3 is 6.09 Å². The summed E-state index contributed by atoms with van der Waals surface area (Å²) < 4.78 is 4.89. The highest BCUT2D eigenvalue weighted by atomic mass is 16.7. The summed E-state index contributed by atoms with van der Waals surface area (Å²) in [5.41, 5.74) is -0.0867. The fourth-order valence-electron chi connectivity index (χ4n) is 2.03. The smallest absolute Gasteiger partial charge is 0.409 e. The van der Waals surface area contributed by atoms with Crippen molar-refractivity contribution in [3.63, 3.8) is 0 Å². The van der Waals surface area contributed by atoms with Crippen LogP contribution in [0.2, 0.25) is 0 Å². The number of rotatable bonds is 5. The normalized spacial score (nSPS) is 15.1. The Bertz CT molecular complexity index is 612. The molecule has 1 aliphatic heterocycles. The standard InChI is InChI=1S/C13H17N5O6/c1-2-23-13(19)15-7-9-16(10-8-15)18(22)14-24-12-5-3-11(4-6-12)17(20)21/h3-6H,2,7-10H2,1H3/b18-14-. The number of nitro benzene ring substituents is 1. The minimum absolute atomic E-state index is 0.0867. The van der Waals surface area contributed by atoms with Gasteiger partial charge in [0.05, 0.1) is 29.6 Å². The molecule has 0 N–H and O–H groups in total. The molecule has 1 amide bonds. The van der Waals surface area contributed by atoms with Crippen LogP contribution in [0.1, 0.15) is 6.92 Å². The van der Waals surface area contributed by atoms with Gasteiger partial charge in [0.1, 0.15) is 0 Å². The van der Waals surface area contributed by atoms with Crippen LogP contribution in [-0.2, 0) is 4.74 Å². The zero-order valence-corrected chi connectivity index (χ0v) is 13.0. The van der Waals surface area contributed by atoms with Crippen LogP contribution in [0.3, 0.4) is 0 Å². The monoisotopic (exact) mass is 339 g/mol. The van der Waals surface area contributed by atoms with Crippen LogP contribution in [0, 0.1) is 15.3 Å². The summed E-state index contributed by atoms with van der Waals surface area (Å²) in [4.78, 5) is 28.3. The second-order valence-corrected chi connectivity index (χ2v) is 4.82. The summed E-state index contributed by atoms with van der Waals surface area (Å²) in [5.74, 6) is 0.201. The van der Waals surface area contributed by atoms with Gasteiger partial charge in [0.2, 0.25) is 5.28 Å². The van der Waals surface area contributed by atoms with E-state index < -0.39 is 11.0 Å². The van der Waals surface area contributed by atoms with E-state index in [1.807, 2.05) is 0 Å². The Morgan fingerprint density at radius 1 is 1.21 bits per heavy atom. The van der Waals surface area contributed by atoms with Crippen molar-refractivity contribution in [3.05, 3.63) is 39.6 Å². The van der Waals surface area contributed by atoms with E-state index in [4.69, 9.17) is 9.57 Å². The summed E-state index contributed by atoms with van der Waals surface area (Å²) >= 11 is 0. The molecule has 0 spiro atoms. The summed E-state index contributed by atoms with van der Waals surface area (Å²) in [7, 11) is 0. The fraction of sp³-hybridized carbons (Fsp3) is 0.462. The topological polar surface area (TPSA) is 124 Å². The molecule has 0 atom stereocenters. The Balaban J connectivity index is 1.86. The van der Waals surface area contributed by atoms with E-state index >= 15 is 0 Å². The van der Waals surface area contributed by atoms with Gasteiger partial charge in [-0.15, -0.1) is 5.01 Å². The van der Waals surface area contributed by atoms with Crippen LogP contribution in [0.25, 0.3) is 0 Å². The molecule has 24 heavy (non-hydrogen) atoms. The van der Waals surface area contributed by atoms with Gasteiger partial charge in [-0.05, 0) is 19.1 Å². The molecule has 0 aliphatic carbocycles. The minimum Gasteiger partial charge on any atom is -0.569 e. The number of nitrogens with zero attached hydrogens (tertiary/aromatic N) is 5. The number of carbonyl (C=O) groups excluding carboxylic acids is 1. The van der Waals surface area contributed by atoms with Crippen LogP contribution < -0.4 is 4.84 Å². The van der Waals surface area contributed by atoms with E-state index in [0.717, 1.165) is 0 Å². The molecule has 1 saturated heterocycles. The Kier molecular flexibility index (Phi) is 5.71. The highest BCUT2D eigenvalue weighted by molar-refractivity contribution is 5.67. The van der Waals surface area contributed by atoms with Gasteiger partial charge in [0.15, 0.2) is 5.75 Å². The number of nitro groups is 1. The van der Waals surface area contributed by atoms with Gasteiger partial charge in [0.25, 0.3) is 5.69 Å². The molecule has 130 valence electrons. The maximum Gasteiger partial charge on any atom is 0.409 e. The summed E-state index contributed by atoms with van der Waals surface area (Å²) in [6.45, 7) is 3.27. The van der Waals surface area contributed by atoms with Crippen LogP contribution in [0.15, 0.2) is 29.5 Å². The van der Waals surface area contributed by atoms with E-state index in [-0.39, 0.29) is 24.5 Å². The Morgan fingerprint density at radius 2 is 1.83 bits per heavy atom. The quantitative estimate of drug-likeness (QED) is 0.345. The van der Waals surface area contributed by atoms with Crippen LogP contribution in [0.4, 0.5) is 10.5 Å². The third-order valence-corrected chi connectivity index (χ3v) is 3.29. The average Bonchev–Trinajstić information content (AvgIpc) is 2.60. The number of hydrazine groups is 1. The molecule has 1 fully saturated rings. The zero-order chi connectivity index (χ0) is 17.5. The van der Waals surface area contributed by atoms with Gasteiger partial charge in [-0.25, -0.2) is 4.79 Å². The third-order valence-electron chi connectivity index (χ3n) is 3.29. The van der Waals surface area contributed by atoms with Crippen molar-refractivity contribution in [1.29, 1.82) is 0 Å². The first kappa shape index (κ1) is 17.2. The molecule has 1 aliphatic rings. The summed E-state index contributed by atoms with van der Waals surface area (Å²) in [6.07, 6.45) is -0.409. The molecular weight excluding hydrogens is 322 g/mol. The molecule has 11 heteroatoms. The van der Waals surface area contributed by atoms with Crippen molar-refractivity contribution in [2.45, 2.75) is 6.92 Å². The molecule has 0 bridgehead atoms. The molecule has 0 radical (unpaired) electrons. The largest absolute Gasteiger partial charge is 0.569 e. The summed E-state index contributed by atoms with van der Waals surface area (Å²) in [6, 6.07) is 5.18.